The third-order valence-corrected chi connectivity index (χ3v) is 5.14. The maximum Gasteiger partial charge on any atom is 0.155 e. The fourth-order valence-electron chi connectivity index (χ4n) is 3.86. The molecule has 2 aromatic rings. The number of aromatic nitrogens is 3. The highest BCUT2D eigenvalue weighted by Crippen LogP contribution is 2.40. The van der Waals surface area contributed by atoms with Crippen molar-refractivity contribution in [2.24, 2.45) is 0 Å². The maximum absolute atomic E-state index is 10.7. The van der Waals surface area contributed by atoms with E-state index in [2.05, 4.69) is 49.7 Å². The predicted octanol–water partition coefficient (Wildman–Crippen LogP) is 0.622. The molecule has 1 atom stereocenters. The highest BCUT2D eigenvalue weighted by atomic mass is 16.3. The second kappa shape index (κ2) is 5.59. The number of nitrogens with zero attached hydrogens (tertiary/aromatic N) is 4. The van der Waals surface area contributed by atoms with Crippen molar-refractivity contribution in [3.8, 4) is 11.4 Å². The SMILES string of the molecule is CN1CN(c2ccc(-c3ncn[nH]3)cc2)C2(CCNCC2)C1O. The lowest BCUT2D eigenvalue weighted by Crippen LogP contribution is -2.57. The summed E-state index contributed by atoms with van der Waals surface area (Å²) in [6, 6.07) is 8.31. The van der Waals surface area contributed by atoms with Gasteiger partial charge >= 0.3 is 0 Å². The molecule has 1 unspecified atom stereocenters. The average molecular weight is 314 g/mol. The Morgan fingerprint density at radius 3 is 2.61 bits per heavy atom. The van der Waals surface area contributed by atoms with Crippen molar-refractivity contribution >= 4 is 5.69 Å². The molecule has 7 nitrogen and oxygen atoms in total. The molecule has 4 rings (SSSR count). The van der Waals surface area contributed by atoms with E-state index in [1.54, 1.807) is 0 Å². The standard InChI is InChI=1S/C16H22N6O/c1-21-11-22(16(15(21)23)6-8-17-9-7-16)13-4-2-12(3-5-13)14-18-10-19-20-14/h2-5,10,15,17,23H,6-9,11H2,1H3,(H,18,19,20). The van der Waals surface area contributed by atoms with Gasteiger partial charge in [0.2, 0.25) is 0 Å². The number of aromatic amines is 1. The number of hydrogen-bond donors (Lipinski definition) is 3. The first-order valence-corrected chi connectivity index (χ1v) is 8.03. The van der Waals surface area contributed by atoms with Crippen LogP contribution in [0.2, 0.25) is 0 Å². The van der Waals surface area contributed by atoms with E-state index < -0.39 is 6.23 Å². The third-order valence-electron chi connectivity index (χ3n) is 5.14. The van der Waals surface area contributed by atoms with Gasteiger partial charge in [0.25, 0.3) is 0 Å². The summed E-state index contributed by atoms with van der Waals surface area (Å²) in [5.41, 5.74) is 1.95. The van der Waals surface area contributed by atoms with Gasteiger partial charge in [0.05, 0.1) is 12.2 Å². The van der Waals surface area contributed by atoms with Crippen molar-refractivity contribution in [2.75, 3.05) is 31.7 Å². The predicted molar refractivity (Wildman–Crippen MR) is 87.8 cm³/mol. The molecule has 1 aromatic carbocycles. The highest BCUT2D eigenvalue weighted by Gasteiger charge is 2.51. The quantitative estimate of drug-likeness (QED) is 0.754. The summed E-state index contributed by atoms with van der Waals surface area (Å²) in [4.78, 5) is 8.56. The molecule has 2 aliphatic rings. The van der Waals surface area contributed by atoms with Gasteiger partial charge in [-0.2, -0.15) is 5.10 Å². The van der Waals surface area contributed by atoms with Gasteiger partial charge < -0.3 is 15.3 Å². The summed E-state index contributed by atoms with van der Waals surface area (Å²) in [7, 11) is 1.98. The summed E-state index contributed by atoms with van der Waals surface area (Å²) in [6.45, 7) is 2.62. The molecule has 7 heteroatoms. The Hall–Kier alpha value is -1.96. The molecule has 0 aliphatic carbocycles. The van der Waals surface area contributed by atoms with Crippen LogP contribution in [0.15, 0.2) is 30.6 Å². The first-order chi connectivity index (χ1) is 11.2. The Morgan fingerprint density at radius 1 is 1.22 bits per heavy atom. The van der Waals surface area contributed by atoms with Gasteiger partial charge in [0, 0.05) is 11.3 Å². The molecular weight excluding hydrogens is 292 g/mol. The van der Waals surface area contributed by atoms with E-state index in [0.717, 1.165) is 49.7 Å². The fourth-order valence-corrected chi connectivity index (χ4v) is 3.86. The third kappa shape index (κ3) is 2.32. The molecular formula is C16H22N6O. The molecule has 23 heavy (non-hydrogen) atoms. The summed E-state index contributed by atoms with van der Waals surface area (Å²) >= 11 is 0. The van der Waals surface area contributed by atoms with Gasteiger partial charge in [0.15, 0.2) is 5.82 Å². The first kappa shape index (κ1) is 14.6. The van der Waals surface area contributed by atoms with E-state index in [1.165, 1.54) is 6.33 Å². The Kier molecular flexibility index (Phi) is 3.56. The van der Waals surface area contributed by atoms with Crippen LogP contribution in [-0.2, 0) is 0 Å². The maximum atomic E-state index is 10.7. The van der Waals surface area contributed by atoms with E-state index in [0.29, 0.717) is 0 Å². The molecule has 2 saturated heterocycles. The number of nitrogens with one attached hydrogen (secondary N) is 2. The second-order valence-corrected chi connectivity index (χ2v) is 6.43. The fraction of sp³-hybridized carbons (Fsp3) is 0.500. The van der Waals surface area contributed by atoms with Crippen molar-refractivity contribution in [3.63, 3.8) is 0 Å². The van der Waals surface area contributed by atoms with Gasteiger partial charge in [0.1, 0.15) is 12.6 Å². The van der Waals surface area contributed by atoms with Gasteiger partial charge in [-0.3, -0.25) is 10.00 Å². The second-order valence-electron chi connectivity index (χ2n) is 6.43. The lowest BCUT2D eigenvalue weighted by Gasteiger charge is -2.44. The molecule has 2 aliphatic heterocycles. The minimum absolute atomic E-state index is 0.201. The molecule has 1 aromatic heterocycles. The summed E-state index contributed by atoms with van der Waals surface area (Å²) in [5.74, 6) is 0.770. The van der Waals surface area contributed by atoms with Crippen molar-refractivity contribution in [2.45, 2.75) is 24.6 Å². The molecule has 0 bridgehead atoms. The summed E-state index contributed by atoms with van der Waals surface area (Å²) in [6.07, 6.45) is 2.97. The molecule has 3 heterocycles. The zero-order valence-electron chi connectivity index (χ0n) is 13.2. The summed E-state index contributed by atoms with van der Waals surface area (Å²) < 4.78 is 0. The van der Waals surface area contributed by atoms with Crippen LogP contribution in [0.1, 0.15) is 12.8 Å². The van der Waals surface area contributed by atoms with E-state index in [1.807, 2.05) is 11.9 Å². The van der Waals surface area contributed by atoms with Crippen LogP contribution in [0.25, 0.3) is 11.4 Å². The smallest absolute Gasteiger partial charge is 0.155 e. The Labute approximate surface area is 135 Å². The van der Waals surface area contributed by atoms with Gasteiger partial charge in [-0.1, -0.05) is 0 Å². The number of hydrogen-bond acceptors (Lipinski definition) is 6. The monoisotopic (exact) mass is 314 g/mol. The number of likely N-dealkylation sites (N-methyl/N-ethyl adjacent to an activating group) is 1. The number of H-pyrrole nitrogens is 1. The van der Waals surface area contributed by atoms with Crippen LogP contribution in [-0.4, -0.2) is 63.8 Å². The topological polar surface area (TPSA) is 80.3 Å². The number of aliphatic hydroxyl groups excluding tert-OH is 1. The van der Waals surface area contributed by atoms with Crippen LogP contribution < -0.4 is 10.2 Å². The van der Waals surface area contributed by atoms with Crippen LogP contribution in [0.5, 0.6) is 0 Å². The lowest BCUT2D eigenvalue weighted by atomic mass is 9.85. The summed E-state index contributed by atoms with van der Waals surface area (Å²) in [5, 5.41) is 20.9. The highest BCUT2D eigenvalue weighted by molar-refractivity contribution is 5.61. The van der Waals surface area contributed by atoms with Gasteiger partial charge in [-0.25, -0.2) is 4.98 Å². The average Bonchev–Trinajstić information content (AvgIpc) is 3.20. The Balaban J connectivity index is 1.65. The minimum atomic E-state index is -0.432. The molecule has 122 valence electrons. The minimum Gasteiger partial charge on any atom is -0.376 e. The van der Waals surface area contributed by atoms with E-state index in [9.17, 15) is 5.11 Å². The normalized spacial score (nSPS) is 24.4. The van der Waals surface area contributed by atoms with Gasteiger partial charge in [-0.15, -0.1) is 0 Å². The van der Waals surface area contributed by atoms with E-state index in [4.69, 9.17) is 0 Å². The zero-order valence-corrected chi connectivity index (χ0v) is 13.2. The number of aliphatic hydroxyl groups is 1. The molecule has 0 saturated carbocycles. The largest absolute Gasteiger partial charge is 0.376 e. The molecule has 0 radical (unpaired) electrons. The van der Waals surface area contributed by atoms with Crippen LogP contribution >= 0.6 is 0 Å². The number of piperidine rings is 1. The van der Waals surface area contributed by atoms with Crippen molar-refractivity contribution in [1.82, 2.24) is 25.4 Å². The first-order valence-electron chi connectivity index (χ1n) is 8.03. The number of rotatable bonds is 2. The Bertz CT molecular complexity index is 650. The molecule has 1 spiro atoms. The zero-order chi connectivity index (χ0) is 15.9. The molecule has 2 fully saturated rings. The van der Waals surface area contributed by atoms with Crippen molar-refractivity contribution in [1.29, 1.82) is 0 Å². The number of benzene rings is 1. The van der Waals surface area contributed by atoms with Crippen molar-refractivity contribution in [3.05, 3.63) is 30.6 Å². The molecule has 0 amide bonds. The van der Waals surface area contributed by atoms with E-state index >= 15 is 0 Å². The van der Waals surface area contributed by atoms with Gasteiger partial charge in [-0.05, 0) is 57.2 Å². The van der Waals surface area contributed by atoms with Crippen molar-refractivity contribution < 1.29 is 5.11 Å². The van der Waals surface area contributed by atoms with Crippen LogP contribution in [0.3, 0.4) is 0 Å². The van der Waals surface area contributed by atoms with E-state index in [-0.39, 0.29) is 5.54 Å². The lowest BCUT2D eigenvalue weighted by molar-refractivity contribution is -0.00192. The van der Waals surface area contributed by atoms with Crippen LogP contribution in [0.4, 0.5) is 5.69 Å². The Morgan fingerprint density at radius 2 is 1.96 bits per heavy atom. The van der Waals surface area contributed by atoms with Crippen LogP contribution in [0, 0.1) is 0 Å². The molecule has 3 N–H and O–H groups in total. The number of anilines is 1.